The van der Waals surface area contributed by atoms with E-state index >= 15 is 0 Å². The molecule has 0 unspecified atom stereocenters. The SMILES string of the molecule is O=C1/C(=C/c2ccc(-c3ccc(Br)cc3)o2)SC(=S)N1N1CCOCC1. The van der Waals surface area contributed by atoms with Crippen molar-refractivity contribution < 1.29 is 13.9 Å². The zero-order valence-electron chi connectivity index (χ0n) is 13.7. The lowest BCUT2D eigenvalue weighted by Crippen LogP contribution is -2.50. The van der Waals surface area contributed by atoms with Crippen molar-refractivity contribution in [2.24, 2.45) is 0 Å². The van der Waals surface area contributed by atoms with Gasteiger partial charge in [0, 0.05) is 29.2 Å². The van der Waals surface area contributed by atoms with Crippen LogP contribution in [0.1, 0.15) is 5.76 Å². The Hall–Kier alpha value is -1.45. The molecule has 2 fully saturated rings. The Balaban J connectivity index is 1.54. The number of hydrogen-bond acceptors (Lipinski definition) is 6. The summed E-state index contributed by atoms with van der Waals surface area (Å²) in [7, 11) is 0. The molecule has 2 aliphatic heterocycles. The summed E-state index contributed by atoms with van der Waals surface area (Å²) < 4.78 is 12.8. The molecular weight excluding hydrogens is 436 g/mol. The highest BCUT2D eigenvalue weighted by Crippen LogP contribution is 2.34. The van der Waals surface area contributed by atoms with Gasteiger partial charge in [0.15, 0.2) is 4.32 Å². The minimum Gasteiger partial charge on any atom is -0.457 e. The van der Waals surface area contributed by atoms with Gasteiger partial charge in [-0.3, -0.25) is 4.79 Å². The standard InChI is InChI=1S/C18H15BrN2O3S2/c19-13-3-1-12(2-4-13)15-6-5-14(24-15)11-16-17(22)21(18(25)26-16)20-7-9-23-10-8-20/h1-6,11H,7-10H2/b16-11-. The molecule has 0 spiro atoms. The summed E-state index contributed by atoms with van der Waals surface area (Å²) in [6, 6.07) is 11.6. The number of furan rings is 1. The molecule has 0 N–H and O–H groups in total. The smallest absolute Gasteiger partial charge is 0.281 e. The third kappa shape index (κ3) is 3.65. The van der Waals surface area contributed by atoms with Gasteiger partial charge in [0.25, 0.3) is 5.91 Å². The molecular formula is C18H15BrN2O3S2. The molecule has 0 saturated carbocycles. The molecule has 1 aromatic heterocycles. The number of benzene rings is 1. The highest BCUT2D eigenvalue weighted by Gasteiger charge is 2.37. The van der Waals surface area contributed by atoms with Crippen molar-refractivity contribution in [3.8, 4) is 11.3 Å². The second kappa shape index (κ2) is 7.66. The zero-order valence-corrected chi connectivity index (χ0v) is 16.9. The Morgan fingerprint density at radius 1 is 1.12 bits per heavy atom. The van der Waals surface area contributed by atoms with Gasteiger partial charge in [-0.05, 0) is 24.3 Å². The van der Waals surface area contributed by atoms with Gasteiger partial charge >= 0.3 is 0 Å². The number of carbonyl (C=O) groups is 1. The van der Waals surface area contributed by atoms with Crippen LogP contribution in [-0.2, 0) is 9.53 Å². The summed E-state index contributed by atoms with van der Waals surface area (Å²) in [5.41, 5.74) is 0.980. The molecule has 8 heteroatoms. The van der Waals surface area contributed by atoms with Crippen LogP contribution in [0, 0.1) is 0 Å². The van der Waals surface area contributed by atoms with Crippen LogP contribution >= 0.6 is 39.9 Å². The fourth-order valence-electron chi connectivity index (χ4n) is 2.79. The number of halogens is 1. The molecule has 26 heavy (non-hydrogen) atoms. The highest BCUT2D eigenvalue weighted by molar-refractivity contribution is 9.10. The number of ether oxygens (including phenoxy) is 1. The lowest BCUT2D eigenvalue weighted by molar-refractivity contribution is -0.138. The number of thiocarbonyl (C=S) groups is 1. The van der Waals surface area contributed by atoms with Crippen LogP contribution < -0.4 is 0 Å². The molecule has 1 aromatic carbocycles. The van der Waals surface area contributed by atoms with Gasteiger partial charge in [-0.1, -0.05) is 52.0 Å². The van der Waals surface area contributed by atoms with E-state index in [1.54, 1.807) is 11.1 Å². The molecule has 1 amide bonds. The van der Waals surface area contributed by atoms with Gasteiger partial charge in [0.1, 0.15) is 11.5 Å². The van der Waals surface area contributed by atoms with Gasteiger partial charge in [0.05, 0.1) is 18.1 Å². The van der Waals surface area contributed by atoms with Crippen molar-refractivity contribution in [1.82, 2.24) is 10.0 Å². The predicted molar refractivity (Wildman–Crippen MR) is 109 cm³/mol. The number of rotatable bonds is 3. The van der Waals surface area contributed by atoms with Crippen LogP contribution in [0.15, 0.2) is 50.2 Å². The molecule has 0 atom stereocenters. The first-order valence-electron chi connectivity index (χ1n) is 8.08. The lowest BCUT2D eigenvalue weighted by atomic mass is 10.2. The zero-order chi connectivity index (χ0) is 18.1. The maximum Gasteiger partial charge on any atom is 0.281 e. The average Bonchev–Trinajstić information content (AvgIpc) is 3.21. The van der Waals surface area contributed by atoms with Crippen molar-refractivity contribution in [1.29, 1.82) is 0 Å². The molecule has 0 bridgehead atoms. The van der Waals surface area contributed by atoms with E-state index in [9.17, 15) is 4.79 Å². The third-order valence-corrected chi connectivity index (χ3v) is 5.88. The molecule has 0 radical (unpaired) electrons. The Morgan fingerprint density at radius 2 is 1.85 bits per heavy atom. The lowest BCUT2D eigenvalue weighted by Gasteiger charge is -2.33. The number of morpholine rings is 1. The number of hydrogen-bond donors (Lipinski definition) is 0. The van der Waals surface area contributed by atoms with Crippen LogP contribution in [0.5, 0.6) is 0 Å². The highest BCUT2D eigenvalue weighted by atomic mass is 79.9. The quantitative estimate of drug-likeness (QED) is 0.516. The average molecular weight is 451 g/mol. The van der Waals surface area contributed by atoms with E-state index in [4.69, 9.17) is 21.4 Å². The molecule has 134 valence electrons. The van der Waals surface area contributed by atoms with E-state index in [1.807, 2.05) is 41.4 Å². The van der Waals surface area contributed by atoms with Crippen molar-refractivity contribution >= 4 is 56.2 Å². The van der Waals surface area contributed by atoms with Gasteiger partial charge in [-0.15, -0.1) is 0 Å². The largest absolute Gasteiger partial charge is 0.457 e. The molecule has 4 rings (SSSR count). The van der Waals surface area contributed by atoms with Crippen LogP contribution in [0.2, 0.25) is 0 Å². The molecule has 2 saturated heterocycles. The van der Waals surface area contributed by atoms with Gasteiger partial charge in [0.2, 0.25) is 0 Å². The first-order valence-corrected chi connectivity index (χ1v) is 10.1. The summed E-state index contributed by atoms with van der Waals surface area (Å²) in [6.07, 6.45) is 1.75. The second-order valence-electron chi connectivity index (χ2n) is 5.77. The van der Waals surface area contributed by atoms with Crippen molar-refractivity contribution in [3.63, 3.8) is 0 Å². The third-order valence-electron chi connectivity index (χ3n) is 4.07. The van der Waals surface area contributed by atoms with Crippen molar-refractivity contribution in [2.45, 2.75) is 0 Å². The van der Waals surface area contributed by atoms with Crippen molar-refractivity contribution in [2.75, 3.05) is 26.3 Å². The maximum absolute atomic E-state index is 12.8. The number of thioether (sulfide) groups is 1. The normalized spacial score (nSPS) is 20.3. The Morgan fingerprint density at radius 3 is 2.58 bits per heavy atom. The summed E-state index contributed by atoms with van der Waals surface area (Å²) in [6.45, 7) is 2.53. The number of nitrogens with zero attached hydrogens (tertiary/aromatic N) is 2. The Kier molecular flexibility index (Phi) is 5.28. The van der Waals surface area contributed by atoms with E-state index in [0.717, 1.165) is 15.8 Å². The molecule has 2 aromatic rings. The maximum atomic E-state index is 12.8. The monoisotopic (exact) mass is 450 g/mol. The summed E-state index contributed by atoms with van der Waals surface area (Å²) >= 11 is 10.1. The van der Waals surface area contributed by atoms with Crippen LogP contribution in [-0.4, -0.2) is 46.5 Å². The predicted octanol–water partition coefficient (Wildman–Crippen LogP) is 4.16. The van der Waals surface area contributed by atoms with E-state index < -0.39 is 0 Å². The first kappa shape index (κ1) is 17.9. The van der Waals surface area contributed by atoms with Gasteiger partial charge in [-0.2, -0.15) is 0 Å². The fourth-order valence-corrected chi connectivity index (χ4v) is 4.34. The van der Waals surface area contributed by atoms with E-state index in [-0.39, 0.29) is 5.91 Å². The van der Waals surface area contributed by atoms with Crippen LogP contribution in [0.25, 0.3) is 17.4 Å². The molecule has 5 nitrogen and oxygen atoms in total. The minimum atomic E-state index is -0.108. The molecule has 2 aliphatic rings. The number of hydrazine groups is 1. The summed E-state index contributed by atoms with van der Waals surface area (Å²) in [5, 5.41) is 3.52. The Bertz CT molecular complexity index is 873. The van der Waals surface area contributed by atoms with Crippen molar-refractivity contribution in [3.05, 3.63) is 51.5 Å². The topological polar surface area (TPSA) is 45.9 Å². The fraction of sp³-hybridized carbons (Fsp3) is 0.222. The van der Waals surface area contributed by atoms with E-state index in [0.29, 0.717) is 41.3 Å². The van der Waals surface area contributed by atoms with Gasteiger partial charge < -0.3 is 9.15 Å². The second-order valence-corrected chi connectivity index (χ2v) is 8.36. The molecule has 3 heterocycles. The van der Waals surface area contributed by atoms with Crippen LogP contribution in [0.3, 0.4) is 0 Å². The summed E-state index contributed by atoms with van der Waals surface area (Å²) in [5.74, 6) is 1.28. The Labute approximate surface area is 169 Å². The van der Waals surface area contributed by atoms with E-state index in [2.05, 4.69) is 15.9 Å². The van der Waals surface area contributed by atoms with Gasteiger partial charge in [-0.25, -0.2) is 10.0 Å². The van der Waals surface area contributed by atoms with E-state index in [1.165, 1.54) is 11.8 Å². The number of carbonyl (C=O) groups excluding carboxylic acids is 1. The molecule has 0 aliphatic carbocycles. The van der Waals surface area contributed by atoms with Crippen LogP contribution in [0.4, 0.5) is 0 Å². The number of amides is 1. The first-order chi connectivity index (χ1) is 12.6. The minimum absolute atomic E-state index is 0.108. The summed E-state index contributed by atoms with van der Waals surface area (Å²) in [4.78, 5) is 13.3.